The fourth-order valence-corrected chi connectivity index (χ4v) is 1.17. The van der Waals surface area contributed by atoms with E-state index in [-0.39, 0.29) is 12.2 Å². The normalized spacial score (nSPS) is 23.6. The van der Waals surface area contributed by atoms with Crippen molar-refractivity contribution in [2.75, 3.05) is 0 Å². The Balaban J connectivity index is 2.60. The van der Waals surface area contributed by atoms with E-state index < -0.39 is 29.5 Å². The molecule has 1 aliphatic rings. The lowest BCUT2D eigenvalue weighted by atomic mass is 10.1. The van der Waals surface area contributed by atoms with E-state index in [9.17, 15) is 14.7 Å². The second-order valence-electron chi connectivity index (χ2n) is 3.24. The van der Waals surface area contributed by atoms with Crippen molar-refractivity contribution < 1.29 is 24.5 Å². The molecule has 2 atom stereocenters. The number of rotatable bonds is 3. The molecule has 0 saturated carbocycles. The summed E-state index contributed by atoms with van der Waals surface area (Å²) >= 11 is 0. The summed E-state index contributed by atoms with van der Waals surface area (Å²) in [7, 11) is 0. The molecular weight excluding hydrogens is 188 g/mol. The van der Waals surface area contributed by atoms with Gasteiger partial charge in [0, 0.05) is 6.42 Å². The molecular formula is C9H12O5. The number of allylic oxidation sites excluding steroid dienone is 1. The van der Waals surface area contributed by atoms with E-state index in [2.05, 4.69) is 0 Å². The van der Waals surface area contributed by atoms with E-state index in [1.165, 1.54) is 13.8 Å². The molecule has 0 aromatic heterocycles. The molecule has 5 nitrogen and oxygen atoms in total. The number of Topliss-reactive ketones (excluding diaryl/α,β-unsaturated/α-hetero) is 2. The Morgan fingerprint density at radius 1 is 1.64 bits per heavy atom. The zero-order valence-corrected chi connectivity index (χ0v) is 7.98. The highest BCUT2D eigenvalue weighted by Crippen LogP contribution is 2.22. The Bertz CT molecular complexity index is 304. The van der Waals surface area contributed by atoms with Crippen LogP contribution in [-0.2, 0) is 14.3 Å². The number of hydrogen-bond acceptors (Lipinski definition) is 5. The van der Waals surface area contributed by atoms with Crippen LogP contribution in [0.1, 0.15) is 20.3 Å². The van der Waals surface area contributed by atoms with Crippen LogP contribution in [0.2, 0.25) is 0 Å². The lowest BCUT2D eigenvalue weighted by molar-refractivity contribution is -0.129. The Morgan fingerprint density at radius 3 is 2.57 bits per heavy atom. The Hall–Kier alpha value is -1.36. The van der Waals surface area contributed by atoms with Gasteiger partial charge in [-0.05, 0) is 13.8 Å². The van der Waals surface area contributed by atoms with Crippen LogP contribution in [0.5, 0.6) is 0 Å². The van der Waals surface area contributed by atoms with Crippen LogP contribution in [-0.4, -0.2) is 34.0 Å². The first-order chi connectivity index (χ1) is 6.43. The minimum atomic E-state index is -1.22. The van der Waals surface area contributed by atoms with E-state index in [0.717, 1.165) is 0 Å². The first-order valence-corrected chi connectivity index (χ1v) is 4.22. The predicted octanol–water partition coefficient (Wildman–Crippen LogP) is 0.0838. The SMILES string of the molecule is CC(=O)C(O)CC1OC(C)=C(O)C1=O. The van der Waals surface area contributed by atoms with Gasteiger partial charge in [0.15, 0.2) is 11.9 Å². The summed E-state index contributed by atoms with van der Waals surface area (Å²) in [5.74, 6) is -1.30. The highest BCUT2D eigenvalue weighted by molar-refractivity contribution is 5.99. The first kappa shape index (κ1) is 10.7. The van der Waals surface area contributed by atoms with Crippen molar-refractivity contribution in [3.8, 4) is 0 Å². The van der Waals surface area contributed by atoms with Crippen LogP contribution in [0.25, 0.3) is 0 Å². The van der Waals surface area contributed by atoms with Crippen LogP contribution < -0.4 is 0 Å². The van der Waals surface area contributed by atoms with Gasteiger partial charge in [-0.15, -0.1) is 0 Å². The van der Waals surface area contributed by atoms with Crippen molar-refractivity contribution in [2.24, 2.45) is 0 Å². The lowest BCUT2D eigenvalue weighted by Crippen LogP contribution is -2.28. The summed E-state index contributed by atoms with van der Waals surface area (Å²) in [5, 5.41) is 18.3. The molecule has 0 aromatic carbocycles. The molecule has 0 radical (unpaired) electrons. The monoisotopic (exact) mass is 200 g/mol. The smallest absolute Gasteiger partial charge is 0.241 e. The Morgan fingerprint density at radius 2 is 2.21 bits per heavy atom. The van der Waals surface area contributed by atoms with Gasteiger partial charge in [0.2, 0.25) is 11.5 Å². The maximum absolute atomic E-state index is 11.2. The molecule has 1 heterocycles. The van der Waals surface area contributed by atoms with E-state index in [4.69, 9.17) is 9.84 Å². The van der Waals surface area contributed by atoms with Gasteiger partial charge in [-0.2, -0.15) is 0 Å². The molecule has 0 aliphatic carbocycles. The Kier molecular flexibility index (Phi) is 2.90. The van der Waals surface area contributed by atoms with Crippen molar-refractivity contribution in [2.45, 2.75) is 32.5 Å². The van der Waals surface area contributed by atoms with Crippen LogP contribution >= 0.6 is 0 Å². The molecule has 1 aliphatic heterocycles. The molecule has 1 rings (SSSR count). The summed E-state index contributed by atoms with van der Waals surface area (Å²) in [6.45, 7) is 2.68. The Labute approximate surface area is 81.0 Å². The number of hydrogen-bond donors (Lipinski definition) is 2. The summed E-state index contributed by atoms with van der Waals surface area (Å²) in [6.07, 6.45) is -2.27. The maximum atomic E-state index is 11.2. The van der Waals surface area contributed by atoms with Crippen LogP contribution in [0.15, 0.2) is 11.5 Å². The molecule has 2 N–H and O–H groups in total. The van der Waals surface area contributed by atoms with Gasteiger partial charge in [0.05, 0.1) is 0 Å². The first-order valence-electron chi connectivity index (χ1n) is 4.22. The number of aliphatic hydroxyl groups excluding tert-OH is 2. The molecule has 0 fully saturated rings. The number of carbonyl (C=O) groups excluding carboxylic acids is 2. The third kappa shape index (κ3) is 1.93. The average molecular weight is 200 g/mol. The summed E-state index contributed by atoms with van der Waals surface area (Å²) in [6, 6.07) is 0. The zero-order valence-electron chi connectivity index (χ0n) is 7.98. The number of carbonyl (C=O) groups is 2. The molecule has 78 valence electrons. The van der Waals surface area contributed by atoms with Gasteiger partial charge in [0.1, 0.15) is 11.9 Å². The molecule has 0 spiro atoms. The lowest BCUT2D eigenvalue weighted by Gasteiger charge is -2.12. The predicted molar refractivity (Wildman–Crippen MR) is 46.5 cm³/mol. The molecule has 0 saturated heterocycles. The van der Waals surface area contributed by atoms with Crippen molar-refractivity contribution in [3.05, 3.63) is 11.5 Å². The summed E-state index contributed by atoms with van der Waals surface area (Å²) < 4.78 is 4.97. The third-order valence-electron chi connectivity index (χ3n) is 2.08. The maximum Gasteiger partial charge on any atom is 0.241 e. The van der Waals surface area contributed by atoms with Gasteiger partial charge >= 0.3 is 0 Å². The van der Waals surface area contributed by atoms with E-state index in [1.54, 1.807) is 0 Å². The highest BCUT2D eigenvalue weighted by atomic mass is 16.5. The van der Waals surface area contributed by atoms with Gasteiger partial charge in [0.25, 0.3) is 0 Å². The number of aliphatic hydroxyl groups is 2. The molecule has 0 bridgehead atoms. The quantitative estimate of drug-likeness (QED) is 0.674. The fraction of sp³-hybridized carbons (Fsp3) is 0.556. The van der Waals surface area contributed by atoms with Gasteiger partial charge < -0.3 is 14.9 Å². The van der Waals surface area contributed by atoms with Crippen molar-refractivity contribution in [1.82, 2.24) is 0 Å². The standard InChI is InChI=1S/C9H12O5/c1-4(10)6(11)3-7-9(13)8(12)5(2)14-7/h6-7,11-12H,3H2,1-2H3. The van der Waals surface area contributed by atoms with E-state index in [0.29, 0.717) is 0 Å². The van der Waals surface area contributed by atoms with Gasteiger partial charge in [-0.3, -0.25) is 9.59 Å². The van der Waals surface area contributed by atoms with Crippen molar-refractivity contribution >= 4 is 11.6 Å². The van der Waals surface area contributed by atoms with Gasteiger partial charge in [-0.25, -0.2) is 0 Å². The van der Waals surface area contributed by atoms with Crippen molar-refractivity contribution in [3.63, 3.8) is 0 Å². The largest absolute Gasteiger partial charge is 0.502 e. The third-order valence-corrected chi connectivity index (χ3v) is 2.08. The number of ketones is 2. The fourth-order valence-electron chi connectivity index (χ4n) is 1.17. The van der Waals surface area contributed by atoms with Crippen LogP contribution in [0, 0.1) is 0 Å². The molecule has 14 heavy (non-hydrogen) atoms. The highest BCUT2D eigenvalue weighted by Gasteiger charge is 2.35. The summed E-state index contributed by atoms with van der Waals surface area (Å²) in [4.78, 5) is 21.9. The topological polar surface area (TPSA) is 83.8 Å². The molecule has 0 amide bonds. The van der Waals surface area contributed by atoms with Crippen LogP contribution in [0.4, 0.5) is 0 Å². The second-order valence-corrected chi connectivity index (χ2v) is 3.24. The average Bonchev–Trinajstić information content (AvgIpc) is 2.33. The van der Waals surface area contributed by atoms with E-state index in [1.807, 2.05) is 0 Å². The van der Waals surface area contributed by atoms with Crippen molar-refractivity contribution in [1.29, 1.82) is 0 Å². The molecule has 2 unspecified atom stereocenters. The second kappa shape index (κ2) is 3.79. The molecule has 5 heteroatoms. The summed E-state index contributed by atoms with van der Waals surface area (Å²) in [5.41, 5.74) is 0. The minimum absolute atomic E-state index is 0.116. The molecule has 0 aromatic rings. The zero-order chi connectivity index (χ0) is 10.9. The minimum Gasteiger partial charge on any atom is -0.502 e. The van der Waals surface area contributed by atoms with Crippen LogP contribution in [0.3, 0.4) is 0 Å². The van der Waals surface area contributed by atoms with Gasteiger partial charge in [-0.1, -0.05) is 0 Å². The van der Waals surface area contributed by atoms with E-state index >= 15 is 0 Å². The number of ether oxygens (including phenoxy) is 1.